The van der Waals surface area contributed by atoms with Crippen molar-refractivity contribution >= 4 is 34.5 Å². The van der Waals surface area contributed by atoms with E-state index in [4.69, 9.17) is 4.74 Å². The Morgan fingerprint density at radius 2 is 1.25 bits per heavy atom. The molecule has 8 heteroatoms. The van der Waals surface area contributed by atoms with Crippen LogP contribution in [0.5, 0.6) is 0 Å². The number of carbonyl (C=O) groups is 2. The molecule has 4 nitrogen and oxygen atoms in total. The van der Waals surface area contributed by atoms with Crippen LogP contribution in [0.4, 0.5) is 13.2 Å². The molecule has 0 spiro atoms. The zero-order valence-corrected chi connectivity index (χ0v) is 17.1. The second-order valence-electron chi connectivity index (χ2n) is 6.09. The van der Waals surface area contributed by atoms with Crippen LogP contribution in [0.3, 0.4) is 0 Å². The van der Waals surface area contributed by atoms with Gasteiger partial charge in [0, 0.05) is 0 Å². The first-order chi connectivity index (χ1) is 13.2. The molecule has 150 valence electrons. The van der Waals surface area contributed by atoms with Gasteiger partial charge >= 0.3 is 17.9 Å². The highest BCUT2D eigenvalue weighted by Gasteiger charge is 2.60. The fraction of sp³-hybridized carbons (Fsp3) is 0.300. The smallest absolute Gasteiger partial charge is 0.377 e. The molecule has 0 amide bonds. The van der Waals surface area contributed by atoms with E-state index in [0.29, 0.717) is 11.1 Å². The molecule has 0 aliphatic heterocycles. The van der Waals surface area contributed by atoms with Crippen LogP contribution in [0, 0.1) is 5.92 Å². The Balaban J connectivity index is 1.99. The van der Waals surface area contributed by atoms with E-state index in [1.807, 2.05) is 0 Å². The van der Waals surface area contributed by atoms with Gasteiger partial charge in [-0.25, -0.2) is 14.0 Å². The van der Waals surface area contributed by atoms with Crippen LogP contribution in [0.25, 0.3) is 0 Å². The highest BCUT2D eigenvalue weighted by molar-refractivity contribution is 14.1. The molecule has 2 unspecified atom stereocenters. The van der Waals surface area contributed by atoms with Crippen LogP contribution in [-0.4, -0.2) is 21.5 Å². The molecule has 0 fully saturated rings. The number of ether oxygens (including phenoxy) is 2. The molecule has 28 heavy (non-hydrogen) atoms. The first-order valence-corrected chi connectivity index (χ1v) is 9.41. The van der Waals surface area contributed by atoms with Gasteiger partial charge in [-0.15, -0.1) is 0 Å². The van der Waals surface area contributed by atoms with Gasteiger partial charge in [-0.3, -0.25) is 0 Å². The standard InChI is InChI=1S/C20H18F3IO4/c1-14(19(21,22)17(25)27-12-15-8-4-2-5-9-15)20(23,24)18(26)28-13-16-10-6-3-7-11-16/h2-11,14H,12-13H2,1H3. The number of carbonyl (C=O) groups excluding carboxylic acids is 2. The summed E-state index contributed by atoms with van der Waals surface area (Å²) in [5, 5.41) is 0. The van der Waals surface area contributed by atoms with Gasteiger partial charge in [0.15, 0.2) is 0 Å². The van der Waals surface area contributed by atoms with E-state index in [0.717, 1.165) is 29.5 Å². The number of esters is 2. The van der Waals surface area contributed by atoms with E-state index in [1.54, 1.807) is 60.7 Å². The zero-order chi connectivity index (χ0) is 20.8. The molecule has 0 aromatic heterocycles. The molecule has 2 aromatic rings. The van der Waals surface area contributed by atoms with Gasteiger partial charge in [-0.05, 0) is 33.7 Å². The van der Waals surface area contributed by atoms with Gasteiger partial charge in [0.1, 0.15) is 13.2 Å². The number of halogens is 4. The van der Waals surface area contributed by atoms with Crippen LogP contribution in [0.15, 0.2) is 60.7 Å². The zero-order valence-electron chi connectivity index (χ0n) is 14.9. The van der Waals surface area contributed by atoms with Crippen LogP contribution >= 0.6 is 22.6 Å². The SMILES string of the molecule is CC(C(F)(F)C(=O)OCc1ccccc1)C(F)(I)C(=O)OCc1ccccc1. The molecule has 2 aromatic carbocycles. The normalized spacial score (nSPS) is 14.6. The van der Waals surface area contributed by atoms with Crippen molar-refractivity contribution in [2.24, 2.45) is 5.92 Å². The quantitative estimate of drug-likeness (QED) is 0.292. The number of rotatable bonds is 8. The lowest BCUT2D eigenvalue weighted by atomic mass is 9.98. The van der Waals surface area contributed by atoms with E-state index in [-0.39, 0.29) is 13.2 Å². The first-order valence-electron chi connectivity index (χ1n) is 8.33. The minimum atomic E-state index is -4.23. The summed E-state index contributed by atoms with van der Waals surface area (Å²) in [6, 6.07) is 16.6. The Hall–Kier alpha value is -2.10. The summed E-state index contributed by atoms with van der Waals surface area (Å²) in [6.07, 6.45) is 0. The molecule has 0 heterocycles. The summed E-state index contributed by atoms with van der Waals surface area (Å²) >= 11 is 0.940. The fourth-order valence-corrected chi connectivity index (χ4v) is 2.77. The summed E-state index contributed by atoms with van der Waals surface area (Å²) in [5.41, 5.74) is 1.08. The minimum Gasteiger partial charge on any atom is -0.458 e. The number of benzene rings is 2. The van der Waals surface area contributed by atoms with E-state index >= 15 is 0 Å². The Morgan fingerprint density at radius 1 is 0.857 bits per heavy atom. The molecule has 0 aliphatic rings. The lowest BCUT2D eigenvalue weighted by Gasteiger charge is -2.29. The van der Waals surface area contributed by atoms with Crippen molar-refractivity contribution in [3.63, 3.8) is 0 Å². The second kappa shape index (κ2) is 9.40. The fourth-order valence-electron chi connectivity index (χ4n) is 2.22. The van der Waals surface area contributed by atoms with Crippen LogP contribution in [-0.2, 0) is 32.3 Å². The van der Waals surface area contributed by atoms with Gasteiger partial charge in [-0.2, -0.15) is 8.78 Å². The molecular formula is C20H18F3IO4. The van der Waals surface area contributed by atoms with Crippen molar-refractivity contribution in [1.29, 1.82) is 0 Å². The lowest BCUT2D eigenvalue weighted by molar-refractivity contribution is -0.189. The summed E-state index contributed by atoms with van der Waals surface area (Å²) in [5.74, 6) is -9.92. The summed E-state index contributed by atoms with van der Waals surface area (Å²) < 4.78 is 49.9. The number of alkyl halides is 4. The van der Waals surface area contributed by atoms with Crippen molar-refractivity contribution in [1.82, 2.24) is 0 Å². The summed E-state index contributed by atoms with van der Waals surface area (Å²) in [7, 11) is 0. The number of hydrogen-bond acceptors (Lipinski definition) is 4. The third kappa shape index (κ3) is 5.46. The first kappa shape index (κ1) is 22.2. The Bertz CT molecular complexity index is 730. The van der Waals surface area contributed by atoms with Crippen LogP contribution in [0.2, 0.25) is 0 Å². The Morgan fingerprint density at radius 3 is 1.68 bits per heavy atom. The molecular weight excluding hydrogens is 488 g/mol. The monoisotopic (exact) mass is 506 g/mol. The van der Waals surface area contributed by atoms with E-state index < -0.39 is 27.5 Å². The van der Waals surface area contributed by atoms with Gasteiger partial charge in [0.2, 0.25) is 0 Å². The average Bonchev–Trinajstić information content (AvgIpc) is 2.70. The Kier molecular flexibility index (Phi) is 7.45. The van der Waals surface area contributed by atoms with Gasteiger partial charge in [0.25, 0.3) is 3.68 Å². The molecule has 0 saturated heterocycles. The molecule has 0 bridgehead atoms. The van der Waals surface area contributed by atoms with Gasteiger partial charge in [-0.1, -0.05) is 67.6 Å². The van der Waals surface area contributed by atoms with Crippen molar-refractivity contribution in [3.8, 4) is 0 Å². The molecule has 0 aliphatic carbocycles. The van der Waals surface area contributed by atoms with Crippen LogP contribution in [0.1, 0.15) is 18.1 Å². The maximum atomic E-state index is 14.8. The maximum absolute atomic E-state index is 14.8. The van der Waals surface area contributed by atoms with Crippen molar-refractivity contribution in [2.75, 3.05) is 0 Å². The van der Waals surface area contributed by atoms with Gasteiger partial charge in [0.05, 0.1) is 5.92 Å². The van der Waals surface area contributed by atoms with E-state index in [2.05, 4.69) is 4.74 Å². The van der Waals surface area contributed by atoms with Crippen molar-refractivity contribution in [2.45, 2.75) is 29.7 Å². The van der Waals surface area contributed by atoms with E-state index in [1.165, 1.54) is 0 Å². The second-order valence-corrected chi connectivity index (χ2v) is 7.66. The number of hydrogen-bond donors (Lipinski definition) is 0. The predicted molar refractivity (Wildman–Crippen MR) is 104 cm³/mol. The Labute approximate surface area is 174 Å². The summed E-state index contributed by atoms with van der Waals surface area (Å²) in [4.78, 5) is 23.9. The highest BCUT2D eigenvalue weighted by Crippen LogP contribution is 2.42. The molecule has 0 N–H and O–H groups in total. The van der Waals surface area contributed by atoms with Crippen molar-refractivity contribution < 1.29 is 32.2 Å². The minimum absolute atomic E-state index is 0.273. The molecule has 0 radical (unpaired) electrons. The van der Waals surface area contributed by atoms with E-state index in [9.17, 15) is 22.8 Å². The molecule has 0 saturated carbocycles. The highest BCUT2D eigenvalue weighted by atomic mass is 127. The third-order valence-corrected chi connectivity index (χ3v) is 5.43. The molecule has 2 rings (SSSR count). The van der Waals surface area contributed by atoms with Gasteiger partial charge < -0.3 is 9.47 Å². The average molecular weight is 506 g/mol. The van der Waals surface area contributed by atoms with Crippen molar-refractivity contribution in [3.05, 3.63) is 71.8 Å². The largest absolute Gasteiger partial charge is 0.458 e. The summed E-state index contributed by atoms with van der Waals surface area (Å²) in [6.45, 7) is 0.103. The topological polar surface area (TPSA) is 52.6 Å². The molecule has 2 atom stereocenters. The van der Waals surface area contributed by atoms with Crippen LogP contribution < -0.4 is 0 Å². The maximum Gasteiger partial charge on any atom is 0.377 e. The predicted octanol–water partition coefficient (Wildman–Crippen LogP) is 4.85. The third-order valence-electron chi connectivity index (χ3n) is 4.06. The lowest BCUT2D eigenvalue weighted by Crippen LogP contribution is -2.49.